The number of pyridine rings is 1. The molecule has 1 aromatic heterocycles. The Hall–Kier alpha value is -2.56. The molecule has 2 rings (SSSR count). The molecule has 0 aliphatic carbocycles. The summed E-state index contributed by atoms with van der Waals surface area (Å²) in [6.07, 6.45) is 3.37. The summed E-state index contributed by atoms with van der Waals surface area (Å²) in [5.74, 6) is -0.344. The molecule has 0 saturated heterocycles. The van der Waals surface area contributed by atoms with E-state index in [1.165, 1.54) is 0 Å². The van der Waals surface area contributed by atoms with Gasteiger partial charge in [-0.1, -0.05) is 19.4 Å². The van der Waals surface area contributed by atoms with Crippen molar-refractivity contribution in [2.45, 2.75) is 25.7 Å². The normalized spacial score (nSPS) is 11.8. The Morgan fingerprint density at radius 3 is 2.65 bits per heavy atom. The van der Waals surface area contributed by atoms with E-state index >= 15 is 0 Å². The number of carbonyl (C=O) groups excluding carboxylic acids is 1. The minimum atomic E-state index is -0.269. The molecule has 5 nitrogen and oxygen atoms in total. The Bertz CT molecular complexity index is 655. The number of nitrogens with zero attached hydrogens (tertiary/aromatic N) is 2. The predicted molar refractivity (Wildman–Crippen MR) is 95.7 cm³/mol. The van der Waals surface area contributed by atoms with Crippen molar-refractivity contribution < 1.29 is 4.79 Å². The number of nitrogens with one attached hydrogen (secondary N) is 1. The van der Waals surface area contributed by atoms with E-state index in [1.54, 1.807) is 6.20 Å². The minimum absolute atomic E-state index is 0.0742. The molecule has 2 aromatic rings. The summed E-state index contributed by atoms with van der Waals surface area (Å²) in [7, 11) is 3.90. The van der Waals surface area contributed by atoms with Crippen molar-refractivity contribution >= 4 is 23.0 Å². The number of nitrogens with two attached hydrogens (primary N) is 1. The van der Waals surface area contributed by atoms with Gasteiger partial charge in [0.25, 0.3) is 0 Å². The molecule has 0 spiro atoms. The van der Waals surface area contributed by atoms with Crippen LogP contribution in [0.25, 0.3) is 0 Å². The zero-order valence-corrected chi connectivity index (χ0v) is 13.9. The van der Waals surface area contributed by atoms with Gasteiger partial charge in [0.2, 0.25) is 5.91 Å². The lowest BCUT2D eigenvalue weighted by atomic mass is 9.98. The van der Waals surface area contributed by atoms with E-state index in [-0.39, 0.29) is 11.8 Å². The first kappa shape index (κ1) is 16.8. The first-order valence-corrected chi connectivity index (χ1v) is 7.81. The Kier molecular flexibility index (Phi) is 5.57. The molecule has 0 bridgehead atoms. The summed E-state index contributed by atoms with van der Waals surface area (Å²) >= 11 is 0. The molecule has 1 amide bonds. The maximum absolute atomic E-state index is 12.7. The lowest BCUT2D eigenvalue weighted by Crippen LogP contribution is -2.22. The van der Waals surface area contributed by atoms with Gasteiger partial charge < -0.3 is 16.0 Å². The van der Waals surface area contributed by atoms with Crippen LogP contribution < -0.4 is 16.0 Å². The summed E-state index contributed by atoms with van der Waals surface area (Å²) in [6, 6.07) is 11.3. The lowest BCUT2D eigenvalue weighted by Gasteiger charge is -2.18. The predicted octanol–water partition coefficient (Wildman–Crippen LogP) is 3.25. The standard InChI is InChI=1S/C18H24N4O/c1-4-7-14(16-8-5-6-11-20-16)18(23)21-17-10-9-13(22(2)3)12-15(17)19/h5-6,8-12,14H,4,7,19H2,1-3H3,(H,21,23). The number of aromatic nitrogens is 1. The highest BCUT2D eigenvalue weighted by Crippen LogP contribution is 2.27. The zero-order valence-electron chi connectivity index (χ0n) is 13.9. The summed E-state index contributed by atoms with van der Waals surface area (Å²) < 4.78 is 0. The van der Waals surface area contributed by atoms with Crippen LogP contribution in [0.15, 0.2) is 42.6 Å². The Labute approximate surface area is 137 Å². The fourth-order valence-electron chi connectivity index (χ4n) is 2.45. The number of carbonyl (C=O) groups is 1. The summed E-state index contributed by atoms with van der Waals surface area (Å²) in [5.41, 5.74) is 9.04. The molecule has 122 valence electrons. The van der Waals surface area contributed by atoms with Gasteiger partial charge in [0, 0.05) is 26.0 Å². The van der Waals surface area contributed by atoms with Gasteiger partial charge in [-0.25, -0.2) is 0 Å². The summed E-state index contributed by atoms with van der Waals surface area (Å²) in [6.45, 7) is 2.06. The second-order valence-electron chi connectivity index (χ2n) is 5.75. The van der Waals surface area contributed by atoms with Crippen LogP contribution in [-0.4, -0.2) is 25.0 Å². The molecule has 3 N–H and O–H groups in total. The first-order valence-electron chi connectivity index (χ1n) is 7.81. The van der Waals surface area contributed by atoms with Crippen molar-refractivity contribution in [3.63, 3.8) is 0 Å². The monoisotopic (exact) mass is 312 g/mol. The molecule has 1 aromatic carbocycles. The highest BCUT2D eigenvalue weighted by atomic mass is 16.1. The second kappa shape index (κ2) is 7.63. The van der Waals surface area contributed by atoms with E-state index in [1.807, 2.05) is 55.4 Å². The quantitative estimate of drug-likeness (QED) is 0.803. The van der Waals surface area contributed by atoms with Gasteiger partial charge in [0.05, 0.1) is 23.0 Å². The topological polar surface area (TPSA) is 71.2 Å². The highest BCUT2D eigenvalue weighted by molar-refractivity contribution is 5.98. The average Bonchev–Trinajstić information content (AvgIpc) is 2.55. The Morgan fingerprint density at radius 1 is 1.30 bits per heavy atom. The van der Waals surface area contributed by atoms with Crippen LogP contribution in [0.1, 0.15) is 31.4 Å². The van der Waals surface area contributed by atoms with Crippen molar-refractivity contribution in [2.24, 2.45) is 0 Å². The fraction of sp³-hybridized carbons (Fsp3) is 0.333. The SMILES string of the molecule is CCCC(C(=O)Nc1ccc(N(C)C)cc1N)c1ccccn1. The van der Waals surface area contributed by atoms with Crippen LogP contribution in [0.4, 0.5) is 17.1 Å². The number of benzene rings is 1. The van der Waals surface area contributed by atoms with E-state index in [2.05, 4.69) is 17.2 Å². The van der Waals surface area contributed by atoms with Crippen molar-refractivity contribution in [3.05, 3.63) is 48.3 Å². The van der Waals surface area contributed by atoms with Crippen LogP contribution in [0.5, 0.6) is 0 Å². The van der Waals surface area contributed by atoms with Crippen molar-refractivity contribution in [3.8, 4) is 0 Å². The molecule has 0 aliphatic rings. The zero-order chi connectivity index (χ0) is 16.8. The van der Waals surface area contributed by atoms with Crippen molar-refractivity contribution in [1.29, 1.82) is 0 Å². The molecule has 0 fully saturated rings. The Morgan fingerprint density at radius 2 is 2.09 bits per heavy atom. The van der Waals surface area contributed by atoms with Gasteiger partial charge in [-0.15, -0.1) is 0 Å². The van der Waals surface area contributed by atoms with Crippen LogP contribution in [0.3, 0.4) is 0 Å². The maximum Gasteiger partial charge on any atom is 0.233 e. The van der Waals surface area contributed by atoms with Crippen molar-refractivity contribution in [1.82, 2.24) is 4.98 Å². The molecule has 0 radical (unpaired) electrons. The number of hydrogen-bond donors (Lipinski definition) is 2. The largest absolute Gasteiger partial charge is 0.397 e. The van der Waals surface area contributed by atoms with Gasteiger partial charge >= 0.3 is 0 Å². The highest BCUT2D eigenvalue weighted by Gasteiger charge is 2.21. The number of anilines is 3. The number of amides is 1. The van der Waals surface area contributed by atoms with Crippen LogP contribution in [-0.2, 0) is 4.79 Å². The average molecular weight is 312 g/mol. The molecular weight excluding hydrogens is 288 g/mol. The van der Waals surface area contributed by atoms with E-state index in [9.17, 15) is 4.79 Å². The van der Waals surface area contributed by atoms with E-state index in [4.69, 9.17) is 5.73 Å². The molecule has 1 unspecified atom stereocenters. The van der Waals surface area contributed by atoms with E-state index < -0.39 is 0 Å². The van der Waals surface area contributed by atoms with Crippen LogP contribution >= 0.6 is 0 Å². The van der Waals surface area contributed by atoms with Gasteiger partial charge in [-0.2, -0.15) is 0 Å². The van der Waals surface area contributed by atoms with Crippen molar-refractivity contribution in [2.75, 3.05) is 30.0 Å². The van der Waals surface area contributed by atoms with Gasteiger partial charge in [0.1, 0.15) is 0 Å². The molecule has 0 aliphatic heterocycles. The van der Waals surface area contributed by atoms with Gasteiger partial charge in [0.15, 0.2) is 0 Å². The molecule has 5 heteroatoms. The van der Waals surface area contributed by atoms with Crippen LogP contribution in [0.2, 0.25) is 0 Å². The molecular formula is C18H24N4O. The van der Waals surface area contributed by atoms with E-state index in [0.717, 1.165) is 24.2 Å². The molecule has 1 heterocycles. The molecule has 1 atom stereocenters. The molecule has 23 heavy (non-hydrogen) atoms. The summed E-state index contributed by atoms with van der Waals surface area (Å²) in [5, 5.41) is 2.94. The minimum Gasteiger partial charge on any atom is -0.397 e. The summed E-state index contributed by atoms with van der Waals surface area (Å²) in [4.78, 5) is 18.9. The number of nitrogen functional groups attached to an aromatic ring is 1. The van der Waals surface area contributed by atoms with Gasteiger partial charge in [-0.05, 0) is 36.8 Å². The van der Waals surface area contributed by atoms with Crippen LogP contribution in [0, 0.1) is 0 Å². The third-order valence-electron chi connectivity index (χ3n) is 3.75. The van der Waals surface area contributed by atoms with E-state index in [0.29, 0.717) is 11.4 Å². The first-order chi connectivity index (χ1) is 11.0. The van der Waals surface area contributed by atoms with Gasteiger partial charge in [-0.3, -0.25) is 9.78 Å². The second-order valence-corrected chi connectivity index (χ2v) is 5.75. The maximum atomic E-state index is 12.7. The smallest absolute Gasteiger partial charge is 0.233 e. The molecule has 0 saturated carbocycles. The third kappa shape index (κ3) is 4.22. The third-order valence-corrected chi connectivity index (χ3v) is 3.75. The fourth-order valence-corrected chi connectivity index (χ4v) is 2.45. The Balaban J connectivity index is 2.19. The number of rotatable bonds is 6. The lowest BCUT2D eigenvalue weighted by molar-refractivity contribution is -0.117. The number of hydrogen-bond acceptors (Lipinski definition) is 4.